The van der Waals surface area contributed by atoms with Crippen LogP contribution in [-0.2, 0) is 38.6 Å². The van der Waals surface area contributed by atoms with Gasteiger partial charge < -0.3 is 40.0 Å². The van der Waals surface area contributed by atoms with E-state index in [1.807, 2.05) is 85.8 Å². The molecule has 0 bridgehead atoms. The lowest BCUT2D eigenvalue weighted by atomic mass is 10.1. The van der Waals surface area contributed by atoms with Gasteiger partial charge in [0.2, 0.25) is 23.6 Å². The maximum Gasteiger partial charge on any atom is 0.255 e. The first-order chi connectivity index (χ1) is 27.6. The van der Waals surface area contributed by atoms with Crippen molar-refractivity contribution in [1.29, 1.82) is 0 Å². The molecular formula is C44H51N5O8. The number of fused-ring (bicyclic) bond motifs is 1. The molecule has 0 saturated heterocycles. The second-order valence-corrected chi connectivity index (χ2v) is 13.8. The van der Waals surface area contributed by atoms with Crippen molar-refractivity contribution in [1.82, 2.24) is 25.8 Å². The molecule has 1 aliphatic heterocycles. The molecule has 300 valence electrons. The van der Waals surface area contributed by atoms with Crippen LogP contribution in [0, 0.1) is 0 Å². The number of aryl methyl sites for hydroxylation is 1. The van der Waals surface area contributed by atoms with Crippen LogP contribution in [0.4, 0.5) is 0 Å². The van der Waals surface area contributed by atoms with Gasteiger partial charge in [-0.3, -0.25) is 24.0 Å². The summed E-state index contributed by atoms with van der Waals surface area (Å²) in [5.41, 5.74) is 2.85. The molecule has 57 heavy (non-hydrogen) atoms. The topological polar surface area (TPSA) is 156 Å². The molecule has 5 amide bonds. The predicted molar refractivity (Wildman–Crippen MR) is 215 cm³/mol. The molecule has 0 radical (unpaired) electrons. The Kier molecular flexibility index (Phi) is 15.4. The second-order valence-electron chi connectivity index (χ2n) is 13.8. The third-order valence-corrected chi connectivity index (χ3v) is 9.43. The van der Waals surface area contributed by atoms with Crippen molar-refractivity contribution in [2.75, 3.05) is 47.0 Å². The van der Waals surface area contributed by atoms with Crippen molar-refractivity contribution in [3.63, 3.8) is 0 Å². The minimum Gasteiger partial charge on any atom is -0.493 e. The first-order valence-corrected chi connectivity index (χ1v) is 19.1. The number of nitrogens with one attached hydrogen (secondary N) is 3. The molecule has 0 fully saturated rings. The van der Waals surface area contributed by atoms with Crippen LogP contribution >= 0.6 is 0 Å². The lowest BCUT2D eigenvalue weighted by Crippen LogP contribution is -2.51. The minimum atomic E-state index is -1.29. The molecule has 0 spiro atoms. The maximum absolute atomic E-state index is 14.1. The van der Waals surface area contributed by atoms with Crippen LogP contribution in [0.2, 0.25) is 0 Å². The summed E-state index contributed by atoms with van der Waals surface area (Å²) in [6.45, 7) is 2.12. The van der Waals surface area contributed by atoms with Crippen LogP contribution in [0.3, 0.4) is 0 Å². The summed E-state index contributed by atoms with van der Waals surface area (Å²) in [6, 6.07) is 29.2. The molecule has 0 unspecified atom stereocenters. The molecule has 3 N–H and O–H groups in total. The van der Waals surface area contributed by atoms with Crippen LogP contribution in [0.5, 0.6) is 17.2 Å². The number of carbonyl (C=O) groups is 5. The second kappa shape index (κ2) is 21.1. The first kappa shape index (κ1) is 41.8. The number of nitrogens with zero attached hydrogens (tertiary/aromatic N) is 2. The number of rotatable bonds is 12. The van der Waals surface area contributed by atoms with E-state index in [0.29, 0.717) is 37.4 Å². The Balaban J connectivity index is 1.39. The van der Waals surface area contributed by atoms with E-state index in [4.69, 9.17) is 14.2 Å². The van der Waals surface area contributed by atoms with Crippen molar-refractivity contribution in [3.8, 4) is 17.2 Å². The van der Waals surface area contributed by atoms with Crippen molar-refractivity contribution < 1.29 is 38.2 Å². The molecule has 13 heteroatoms. The zero-order valence-electron chi connectivity index (χ0n) is 32.7. The van der Waals surface area contributed by atoms with Crippen LogP contribution in [0.25, 0.3) is 0 Å². The Morgan fingerprint density at radius 3 is 2.25 bits per heavy atom. The zero-order valence-corrected chi connectivity index (χ0v) is 32.7. The van der Waals surface area contributed by atoms with E-state index in [1.165, 1.54) is 16.8 Å². The summed E-state index contributed by atoms with van der Waals surface area (Å²) in [5, 5.41) is 8.65. The number of carbonyl (C=O) groups excluding carboxylic acids is 5. The van der Waals surface area contributed by atoms with Gasteiger partial charge in [0.15, 0.2) is 11.5 Å². The Labute approximate surface area is 333 Å². The van der Waals surface area contributed by atoms with E-state index in [-0.39, 0.29) is 44.1 Å². The van der Waals surface area contributed by atoms with Gasteiger partial charge in [-0.15, -0.1) is 0 Å². The van der Waals surface area contributed by atoms with E-state index in [2.05, 4.69) is 16.0 Å². The molecule has 4 aromatic carbocycles. The van der Waals surface area contributed by atoms with Crippen molar-refractivity contribution in [2.24, 2.45) is 0 Å². The summed E-state index contributed by atoms with van der Waals surface area (Å²) < 4.78 is 17.3. The maximum atomic E-state index is 14.1. The molecule has 13 nitrogen and oxygen atoms in total. The van der Waals surface area contributed by atoms with Gasteiger partial charge in [0.25, 0.3) is 5.91 Å². The van der Waals surface area contributed by atoms with Gasteiger partial charge in [0.05, 0.1) is 38.3 Å². The molecule has 1 aliphatic rings. The fourth-order valence-corrected chi connectivity index (χ4v) is 6.44. The van der Waals surface area contributed by atoms with Crippen LogP contribution in [-0.4, -0.2) is 98.4 Å². The van der Waals surface area contributed by atoms with Crippen molar-refractivity contribution in [2.45, 2.75) is 51.2 Å². The molecule has 2 atom stereocenters. The quantitative estimate of drug-likeness (QED) is 0.183. The van der Waals surface area contributed by atoms with Crippen molar-refractivity contribution in [3.05, 3.63) is 125 Å². The Morgan fingerprint density at radius 1 is 0.825 bits per heavy atom. The molecule has 1 heterocycles. The minimum absolute atomic E-state index is 0.00999. The Bertz CT molecular complexity index is 1980. The van der Waals surface area contributed by atoms with Gasteiger partial charge in [-0.25, -0.2) is 0 Å². The van der Waals surface area contributed by atoms with Crippen LogP contribution < -0.4 is 30.2 Å². The number of para-hydroxylation sites is 1. The molecular weight excluding hydrogens is 727 g/mol. The highest BCUT2D eigenvalue weighted by Crippen LogP contribution is 2.28. The molecule has 0 aromatic heterocycles. The smallest absolute Gasteiger partial charge is 0.255 e. The molecule has 4 aromatic rings. The van der Waals surface area contributed by atoms with E-state index in [1.54, 1.807) is 31.4 Å². The highest BCUT2D eigenvalue weighted by Gasteiger charge is 2.30. The average Bonchev–Trinajstić information content (AvgIpc) is 3.21. The van der Waals surface area contributed by atoms with E-state index in [0.717, 1.165) is 16.7 Å². The summed E-state index contributed by atoms with van der Waals surface area (Å²) in [4.78, 5) is 71.5. The Morgan fingerprint density at radius 2 is 1.53 bits per heavy atom. The lowest BCUT2D eigenvalue weighted by Gasteiger charge is -2.27. The highest BCUT2D eigenvalue weighted by atomic mass is 16.5. The largest absolute Gasteiger partial charge is 0.493 e. The fraction of sp³-hybridized carbons (Fsp3) is 0.341. The van der Waals surface area contributed by atoms with E-state index >= 15 is 0 Å². The monoisotopic (exact) mass is 777 g/mol. The predicted octanol–water partition coefficient (Wildman–Crippen LogP) is 3.94. The summed E-state index contributed by atoms with van der Waals surface area (Å²) in [5.74, 6) is -1.11. The number of ether oxygens (including phenoxy) is 3. The fourth-order valence-electron chi connectivity index (χ4n) is 6.44. The average molecular weight is 778 g/mol. The number of hydrogen-bond donors (Lipinski definition) is 3. The highest BCUT2D eigenvalue weighted by molar-refractivity contribution is 6.01. The summed E-state index contributed by atoms with van der Waals surface area (Å²) in [7, 11) is 3.08. The molecule has 5 rings (SSSR count). The van der Waals surface area contributed by atoms with Gasteiger partial charge in [0.1, 0.15) is 24.9 Å². The van der Waals surface area contributed by atoms with E-state index < -0.39 is 48.0 Å². The van der Waals surface area contributed by atoms with Gasteiger partial charge >= 0.3 is 0 Å². The lowest BCUT2D eigenvalue weighted by molar-refractivity contribution is -0.142. The number of likely N-dealkylation sites (N-methyl/N-ethyl adjacent to an activating group) is 1. The van der Waals surface area contributed by atoms with Crippen LogP contribution in [0.1, 0.15) is 46.8 Å². The van der Waals surface area contributed by atoms with Gasteiger partial charge in [-0.2, -0.15) is 0 Å². The first-order valence-electron chi connectivity index (χ1n) is 19.1. The number of hydrogen-bond acceptors (Lipinski definition) is 8. The van der Waals surface area contributed by atoms with Gasteiger partial charge in [0, 0.05) is 20.1 Å². The Hall–Kier alpha value is -6.37. The van der Waals surface area contributed by atoms with Crippen molar-refractivity contribution >= 4 is 29.5 Å². The van der Waals surface area contributed by atoms with E-state index in [9.17, 15) is 24.0 Å². The zero-order chi connectivity index (χ0) is 40.6. The third-order valence-electron chi connectivity index (χ3n) is 9.43. The van der Waals surface area contributed by atoms with Gasteiger partial charge in [-0.1, -0.05) is 78.9 Å². The third kappa shape index (κ3) is 12.6. The standard InChI is InChI=1S/C44H51N5O8/c1-4-56-38-22-21-32(25-39(38)55-3)18-13-23-45-44(54)36-26-41(51)49(27-33-16-9-6-10-17-33)29-42(52)48(2)28-40(50)46-34(24-31-14-7-5-8-15-31)30-57-37-20-12-11-19-35(37)43(53)47-36/h5-12,14-17,19-22,25,34,36H,4,13,18,23-24,26-30H2,1-3H3,(H,45,54)(H,46,50)(H,47,53)/t34-,36+/m1/s1. The SMILES string of the molecule is CCOc1ccc(CCCNC(=O)[C@@H]2CC(=O)N(Cc3ccccc3)CC(=O)N(C)CC(=O)N[C@H](Cc3ccccc3)COc3ccccc3C(=O)N2)cc1OC. The van der Waals surface area contributed by atoms with Crippen LogP contribution in [0.15, 0.2) is 103 Å². The number of benzene rings is 4. The number of amides is 5. The molecule has 0 saturated carbocycles. The van der Waals surface area contributed by atoms with Gasteiger partial charge in [-0.05, 0) is 67.1 Å². The molecule has 0 aliphatic carbocycles. The number of methoxy groups -OCH3 is 1. The summed E-state index contributed by atoms with van der Waals surface area (Å²) in [6.07, 6.45) is 1.17. The normalized spacial score (nSPS) is 17.0. The summed E-state index contributed by atoms with van der Waals surface area (Å²) >= 11 is 0.